The fourth-order valence-electron chi connectivity index (χ4n) is 1.32. The summed E-state index contributed by atoms with van der Waals surface area (Å²) in [6.45, 7) is 2.07. The lowest BCUT2D eigenvalue weighted by Crippen LogP contribution is -1.78. The van der Waals surface area contributed by atoms with Crippen LogP contribution in [0.1, 0.15) is 5.56 Å². The SMILES string of the molecule is Cc1ccsc1-c1cc(Cl)ccc1Cl. The van der Waals surface area contributed by atoms with Gasteiger partial charge in [-0.3, -0.25) is 0 Å². The Kier molecular flexibility index (Phi) is 2.82. The Morgan fingerprint density at radius 2 is 1.93 bits per heavy atom. The van der Waals surface area contributed by atoms with Gasteiger partial charge in [0.05, 0.1) is 0 Å². The molecule has 0 atom stereocenters. The highest BCUT2D eigenvalue weighted by atomic mass is 35.5. The molecule has 0 bridgehead atoms. The van der Waals surface area contributed by atoms with Gasteiger partial charge in [-0.15, -0.1) is 11.3 Å². The second kappa shape index (κ2) is 3.93. The van der Waals surface area contributed by atoms with E-state index in [4.69, 9.17) is 23.2 Å². The summed E-state index contributed by atoms with van der Waals surface area (Å²) < 4.78 is 0. The van der Waals surface area contributed by atoms with Crippen molar-refractivity contribution in [2.75, 3.05) is 0 Å². The highest BCUT2D eigenvalue weighted by molar-refractivity contribution is 7.13. The topological polar surface area (TPSA) is 0 Å². The zero-order valence-corrected chi connectivity index (χ0v) is 9.88. The molecule has 72 valence electrons. The quantitative estimate of drug-likeness (QED) is 0.658. The molecule has 1 aromatic heterocycles. The van der Waals surface area contributed by atoms with Crippen LogP contribution in [-0.4, -0.2) is 0 Å². The fourth-order valence-corrected chi connectivity index (χ4v) is 2.72. The maximum Gasteiger partial charge on any atom is 0.0493 e. The van der Waals surface area contributed by atoms with E-state index in [9.17, 15) is 0 Å². The lowest BCUT2D eigenvalue weighted by Gasteiger charge is -2.03. The van der Waals surface area contributed by atoms with Crippen molar-refractivity contribution in [3.05, 3.63) is 45.3 Å². The van der Waals surface area contributed by atoms with E-state index in [-0.39, 0.29) is 0 Å². The van der Waals surface area contributed by atoms with E-state index in [1.165, 1.54) is 10.4 Å². The van der Waals surface area contributed by atoms with Crippen molar-refractivity contribution in [3.63, 3.8) is 0 Å². The van der Waals surface area contributed by atoms with Gasteiger partial charge < -0.3 is 0 Å². The maximum atomic E-state index is 6.11. The van der Waals surface area contributed by atoms with E-state index in [0.29, 0.717) is 0 Å². The maximum absolute atomic E-state index is 6.11. The molecule has 0 aliphatic heterocycles. The highest BCUT2D eigenvalue weighted by Crippen LogP contribution is 2.35. The molecule has 0 aliphatic carbocycles. The fraction of sp³-hybridized carbons (Fsp3) is 0.0909. The highest BCUT2D eigenvalue weighted by Gasteiger charge is 2.07. The van der Waals surface area contributed by atoms with Crippen molar-refractivity contribution in [2.24, 2.45) is 0 Å². The molecule has 0 unspecified atom stereocenters. The summed E-state index contributed by atoms with van der Waals surface area (Å²) in [6.07, 6.45) is 0. The summed E-state index contributed by atoms with van der Waals surface area (Å²) in [5.41, 5.74) is 2.26. The van der Waals surface area contributed by atoms with Crippen LogP contribution in [0.25, 0.3) is 10.4 Å². The van der Waals surface area contributed by atoms with Crippen LogP contribution in [0.5, 0.6) is 0 Å². The predicted octanol–water partition coefficient (Wildman–Crippen LogP) is 5.03. The van der Waals surface area contributed by atoms with Gasteiger partial charge in [-0.2, -0.15) is 0 Å². The van der Waals surface area contributed by atoms with E-state index >= 15 is 0 Å². The van der Waals surface area contributed by atoms with Gasteiger partial charge in [0, 0.05) is 20.5 Å². The first kappa shape index (κ1) is 10.0. The van der Waals surface area contributed by atoms with Crippen LogP contribution >= 0.6 is 34.5 Å². The number of thiophene rings is 1. The monoisotopic (exact) mass is 242 g/mol. The van der Waals surface area contributed by atoms with E-state index in [1.807, 2.05) is 12.1 Å². The lowest BCUT2D eigenvalue weighted by atomic mass is 10.1. The molecule has 0 N–H and O–H groups in total. The molecule has 0 saturated carbocycles. The Bertz CT molecular complexity index is 460. The minimum atomic E-state index is 0.720. The van der Waals surface area contributed by atoms with Crippen molar-refractivity contribution in [1.29, 1.82) is 0 Å². The third-order valence-corrected chi connectivity index (χ3v) is 3.65. The van der Waals surface area contributed by atoms with Crippen LogP contribution in [0.15, 0.2) is 29.6 Å². The summed E-state index contributed by atoms with van der Waals surface area (Å²) in [7, 11) is 0. The first-order valence-corrected chi connectivity index (χ1v) is 5.81. The molecule has 0 saturated heterocycles. The molecule has 0 aliphatic rings. The van der Waals surface area contributed by atoms with Crippen molar-refractivity contribution in [2.45, 2.75) is 6.92 Å². The number of hydrogen-bond donors (Lipinski definition) is 0. The smallest absolute Gasteiger partial charge is 0.0493 e. The van der Waals surface area contributed by atoms with Gasteiger partial charge in [-0.25, -0.2) is 0 Å². The van der Waals surface area contributed by atoms with Gasteiger partial charge >= 0.3 is 0 Å². The van der Waals surface area contributed by atoms with E-state index < -0.39 is 0 Å². The molecular formula is C11H8Cl2S. The minimum absolute atomic E-state index is 0.720. The summed E-state index contributed by atoms with van der Waals surface area (Å²) in [5, 5.41) is 3.53. The van der Waals surface area contributed by atoms with Crippen molar-refractivity contribution in [1.82, 2.24) is 0 Å². The molecule has 0 amide bonds. The Hall–Kier alpha value is -0.500. The molecular weight excluding hydrogens is 235 g/mol. The van der Waals surface area contributed by atoms with Crippen LogP contribution in [0.2, 0.25) is 10.0 Å². The normalized spacial score (nSPS) is 10.5. The third kappa shape index (κ3) is 1.81. The molecule has 0 radical (unpaired) electrons. The summed E-state index contributed by atoms with van der Waals surface area (Å²) in [6, 6.07) is 7.62. The van der Waals surface area contributed by atoms with Crippen LogP contribution in [0.3, 0.4) is 0 Å². The largest absolute Gasteiger partial charge is 0.143 e. The molecule has 0 nitrogen and oxygen atoms in total. The number of hydrogen-bond acceptors (Lipinski definition) is 1. The summed E-state index contributed by atoms with van der Waals surface area (Å²) >= 11 is 13.7. The molecule has 0 spiro atoms. The van der Waals surface area contributed by atoms with Gasteiger partial charge in [0.25, 0.3) is 0 Å². The predicted molar refractivity (Wildman–Crippen MR) is 64.5 cm³/mol. The molecule has 2 rings (SSSR count). The average molecular weight is 243 g/mol. The zero-order valence-electron chi connectivity index (χ0n) is 7.55. The average Bonchev–Trinajstić information content (AvgIpc) is 2.56. The van der Waals surface area contributed by atoms with Crippen LogP contribution in [-0.2, 0) is 0 Å². The van der Waals surface area contributed by atoms with E-state index in [0.717, 1.165) is 15.6 Å². The summed E-state index contributed by atoms with van der Waals surface area (Å²) in [4.78, 5) is 1.19. The Labute approximate surface area is 97.1 Å². The number of halogens is 2. The Morgan fingerprint density at radius 1 is 1.14 bits per heavy atom. The second-order valence-electron chi connectivity index (χ2n) is 3.06. The second-order valence-corrected chi connectivity index (χ2v) is 4.82. The van der Waals surface area contributed by atoms with Gasteiger partial charge in [-0.1, -0.05) is 23.2 Å². The number of rotatable bonds is 1. The first-order chi connectivity index (χ1) is 6.68. The molecule has 1 aromatic carbocycles. The van der Waals surface area contributed by atoms with Crippen LogP contribution in [0, 0.1) is 6.92 Å². The Balaban J connectivity index is 2.62. The van der Waals surface area contributed by atoms with Crippen LogP contribution < -0.4 is 0 Å². The Morgan fingerprint density at radius 3 is 2.57 bits per heavy atom. The van der Waals surface area contributed by atoms with E-state index in [2.05, 4.69) is 18.4 Å². The zero-order chi connectivity index (χ0) is 10.1. The third-order valence-electron chi connectivity index (χ3n) is 2.04. The van der Waals surface area contributed by atoms with Gasteiger partial charge in [0.15, 0.2) is 0 Å². The minimum Gasteiger partial charge on any atom is -0.143 e. The van der Waals surface area contributed by atoms with Crippen molar-refractivity contribution < 1.29 is 0 Å². The molecule has 1 heterocycles. The van der Waals surface area contributed by atoms with Gasteiger partial charge in [-0.05, 0) is 42.1 Å². The molecule has 0 fully saturated rings. The summed E-state index contributed by atoms with van der Waals surface area (Å²) in [5.74, 6) is 0. The standard InChI is InChI=1S/C11H8Cl2S/c1-7-4-5-14-11(7)9-6-8(12)2-3-10(9)13/h2-6H,1H3. The van der Waals surface area contributed by atoms with Crippen LogP contribution in [0.4, 0.5) is 0 Å². The number of aryl methyl sites for hydroxylation is 1. The molecule has 3 heteroatoms. The van der Waals surface area contributed by atoms with Gasteiger partial charge in [0.2, 0.25) is 0 Å². The molecule has 2 aromatic rings. The van der Waals surface area contributed by atoms with Gasteiger partial charge in [0.1, 0.15) is 0 Å². The van der Waals surface area contributed by atoms with Crippen molar-refractivity contribution in [3.8, 4) is 10.4 Å². The van der Waals surface area contributed by atoms with Crippen molar-refractivity contribution >= 4 is 34.5 Å². The first-order valence-electron chi connectivity index (χ1n) is 4.18. The molecule has 14 heavy (non-hydrogen) atoms. The lowest BCUT2D eigenvalue weighted by molar-refractivity contribution is 1.54. The number of benzene rings is 1. The van der Waals surface area contributed by atoms with E-state index in [1.54, 1.807) is 17.4 Å².